The number of carbonyl (C=O) groups excluding carboxylic acids is 4. The molecule has 0 aromatic heterocycles. The zero-order chi connectivity index (χ0) is 69.6. The first-order valence-corrected chi connectivity index (χ1v) is 41.8. The average Bonchev–Trinajstić information content (AvgIpc) is 1.41. The topological polar surface area (TPSA) is 237 Å². The lowest BCUT2D eigenvalue weighted by molar-refractivity contribution is -0.161. The van der Waals surface area contributed by atoms with Crippen LogP contribution in [0.15, 0.2) is 0 Å². The van der Waals surface area contributed by atoms with Gasteiger partial charge in [0.1, 0.15) is 19.3 Å². The molecule has 17 nitrogen and oxygen atoms in total. The van der Waals surface area contributed by atoms with Gasteiger partial charge in [-0.2, -0.15) is 0 Å². The van der Waals surface area contributed by atoms with Crippen molar-refractivity contribution in [1.82, 2.24) is 0 Å². The van der Waals surface area contributed by atoms with Crippen molar-refractivity contribution in [3.05, 3.63) is 0 Å². The summed E-state index contributed by atoms with van der Waals surface area (Å²) in [5.74, 6) is 0.918. The van der Waals surface area contributed by atoms with E-state index in [2.05, 4.69) is 55.4 Å². The van der Waals surface area contributed by atoms with E-state index in [0.717, 1.165) is 114 Å². The Morgan fingerprint density at radius 2 is 0.511 bits per heavy atom. The number of phosphoric ester groups is 2. The van der Waals surface area contributed by atoms with Crippen molar-refractivity contribution >= 4 is 39.5 Å². The van der Waals surface area contributed by atoms with Gasteiger partial charge in [0.05, 0.1) is 26.4 Å². The van der Waals surface area contributed by atoms with E-state index >= 15 is 0 Å². The van der Waals surface area contributed by atoms with Gasteiger partial charge in [-0.1, -0.05) is 325 Å². The third kappa shape index (κ3) is 66.0. The van der Waals surface area contributed by atoms with Crippen LogP contribution in [0.4, 0.5) is 0 Å². The molecule has 558 valence electrons. The van der Waals surface area contributed by atoms with Gasteiger partial charge in [0.2, 0.25) is 0 Å². The van der Waals surface area contributed by atoms with Gasteiger partial charge in [0.25, 0.3) is 0 Å². The minimum Gasteiger partial charge on any atom is -0.462 e. The molecule has 0 heterocycles. The molecular formula is C75H146O17P2. The van der Waals surface area contributed by atoms with Crippen LogP contribution in [0, 0.1) is 23.7 Å². The molecule has 19 heteroatoms. The highest BCUT2D eigenvalue weighted by atomic mass is 31.2. The van der Waals surface area contributed by atoms with Crippen LogP contribution in [0.5, 0.6) is 0 Å². The largest absolute Gasteiger partial charge is 0.472 e. The molecule has 0 aliphatic heterocycles. The summed E-state index contributed by atoms with van der Waals surface area (Å²) < 4.78 is 68.4. The van der Waals surface area contributed by atoms with Crippen LogP contribution >= 0.6 is 15.6 Å². The molecule has 0 radical (unpaired) electrons. The summed E-state index contributed by atoms with van der Waals surface area (Å²) >= 11 is 0. The normalized spacial score (nSPS) is 14.7. The smallest absolute Gasteiger partial charge is 0.462 e. The molecule has 0 amide bonds. The van der Waals surface area contributed by atoms with Gasteiger partial charge < -0.3 is 33.8 Å². The van der Waals surface area contributed by atoms with Crippen molar-refractivity contribution in [2.75, 3.05) is 39.6 Å². The minimum atomic E-state index is -4.96. The number of aliphatic hydroxyl groups is 1. The zero-order valence-corrected chi connectivity index (χ0v) is 63.4. The van der Waals surface area contributed by atoms with Crippen LogP contribution in [0.25, 0.3) is 0 Å². The fourth-order valence-electron chi connectivity index (χ4n) is 11.3. The highest BCUT2D eigenvalue weighted by Crippen LogP contribution is 2.45. The number of esters is 4. The third-order valence-corrected chi connectivity index (χ3v) is 19.9. The number of hydrogen-bond donors (Lipinski definition) is 3. The molecule has 0 spiro atoms. The van der Waals surface area contributed by atoms with E-state index in [4.69, 9.17) is 37.0 Å². The number of aliphatic hydroxyl groups excluding tert-OH is 1. The van der Waals surface area contributed by atoms with Crippen LogP contribution in [-0.2, 0) is 65.4 Å². The molecule has 3 N–H and O–H groups in total. The summed E-state index contributed by atoms with van der Waals surface area (Å²) in [7, 11) is -9.91. The van der Waals surface area contributed by atoms with E-state index in [9.17, 15) is 43.2 Å². The number of hydrogen-bond acceptors (Lipinski definition) is 15. The van der Waals surface area contributed by atoms with Crippen molar-refractivity contribution in [3.8, 4) is 0 Å². The Balaban J connectivity index is 5.22. The number of unbranched alkanes of at least 4 members (excludes halogenated alkanes) is 36. The molecule has 0 saturated carbocycles. The Hall–Kier alpha value is -1.94. The Morgan fingerprint density at radius 3 is 0.755 bits per heavy atom. The van der Waals surface area contributed by atoms with Crippen LogP contribution in [0.3, 0.4) is 0 Å². The number of phosphoric acid groups is 2. The maximum Gasteiger partial charge on any atom is 0.472 e. The highest BCUT2D eigenvalue weighted by molar-refractivity contribution is 7.47. The fraction of sp³-hybridized carbons (Fsp3) is 0.947. The second-order valence-corrected chi connectivity index (χ2v) is 31.4. The van der Waals surface area contributed by atoms with Crippen LogP contribution < -0.4 is 0 Å². The maximum absolute atomic E-state index is 13.1. The first kappa shape index (κ1) is 92.1. The summed E-state index contributed by atoms with van der Waals surface area (Å²) in [6.07, 6.45) is 48.8. The molecule has 0 rings (SSSR count). The molecule has 0 bridgehead atoms. The van der Waals surface area contributed by atoms with Gasteiger partial charge in [-0.3, -0.25) is 37.3 Å². The summed E-state index contributed by atoms with van der Waals surface area (Å²) in [6, 6.07) is 0. The summed E-state index contributed by atoms with van der Waals surface area (Å²) in [5, 5.41) is 10.6. The van der Waals surface area contributed by atoms with Crippen molar-refractivity contribution in [1.29, 1.82) is 0 Å². The second kappa shape index (κ2) is 64.4. The van der Waals surface area contributed by atoms with Crippen molar-refractivity contribution in [3.63, 3.8) is 0 Å². The maximum atomic E-state index is 13.1. The lowest BCUT2D eigenvalue weighted by Crippen LogP contribution is -2.30. The molecule has 0 aliphatic rings. The summed E-state index contributed by atoms with van der Waals surface area (Å²) in [6.45, 7) is 14.1. The molecule has 7 atom stereocenters. The predicted molar refractivity (Wildman–Crippen MR) is 381 cm³/mol. The van der Waals surface area contributed by atoms with E-state index < -0.39 is 97.5 Å². The molecule has 0 fully saturated rings. The van der Waals surface area contributed by atoms with Crippen molar-refractivity contribution in [2.45, 2.75) is 395 Å². The Kier molecular flexibility index (Phi) is 63.1. The monoisotopic (exact) mass is 1380 g/mol. The SMILES string of the molecule is CCC(C)CCCCCCCCCCCCCCCCC(=O)O[C@H](COC(=O)CCCCCCCCCCCCCCCCC(C)C)COP(=O)(O)OC[C@@H](O)COP(=O)(O)OC[C@@H](COC(=O)CCCCCCCCC(C)C)OC(=O)CCCCCCCCC(C)CC. The first-order valence-electron chi connectivity index (χ1n) is 38.8. The summed E-state index contributed by atoms with van der Waals surface area (Å²) in [4.78, 5) is 72.7. The molecule has 94 heavy (non-hydrogen) atoms. The highest BCUT2D eigenvalue weighted by Gasteiger charge is 2.30. The first-order chi connectivity index (χ1) is 45.2. The van der Waals surface area contributed by atoms with Crippen LogP contribution in [0.2, 0.25) is 0 Å². The van der Waals surface area contributed by atoms with Crippen molar-refractivity contribution in [2.24, 2.45) is 23.7 Å². The molecule has 4 unspecified atom stereocenters. The second-order valence-electron chi connectivity index (χ2n) is 28.5. The molecule has 0 saturated heterocycles. The minimum absolute atomic E-state index is 0.102. The molecule has 0 aromatic carbocycles. The van der Waals surface area contributed by atoms with Gasteiger partial charge in [-0.05, 0) is 49.4 Å². The van der Waals surface area contributed by atoms with E-state index in [-0.39, 0.29) is 25.7 Å². The standard InChI is InChI=1S/C75H146O17P2/c1-9-67(7)53-45-37-28-24-20-16-12-14-18-22-26-30-41-49-57-74(79)91-70(61-85-72(77)55-47-39-29-25-21-17-13-11-15-19-23-27-35-43-51-65(3)4)63-89-93(81,82)87-59-69(76)60-88-94(83,84)90-64-71(62-86-73(78)56-48-40-33-31-36-44-52-66(5)6)92-75(80)58-50-42-34-32-38-46-54-68(8)10-2/h65-71,76H,9-64H2,1-8H3,(H,81,82)(H,83,84)/t67?,68?,69-,70-,71-/m1/s1. The van der Waals surface area contributed by atoms with Gasteiger partial charge in [-0.15, -0.1) is 0 Å². The van der Waals surface area contributed by atoms with Gasteiger partial charge in [-0.25, -0.2) is 9.13 Å². The van der Waals surface area contributed by atoms with Crippen LogP contribution in [0.1, 0.15) is 376 Å². The van der Waals surface area contributed by atoms with E-state index in [1.807, 2.05) is 0 Å². The lowest BCUT2D eigenvalue weighted by Gasteiger charge is -2.21. The quantitative estimate of drug-likeness (QED) is 0.0222. The number of carbonyl (C=O) groups is 4. The van der Waals surface area contributed by atoms with Gasteiger partial charge in [0, 0.05) is 25.7 Å². The predicted octanol–water partition coefficient (Wildman–Crippen LogP) is 21.7. The number of ether oxygens (including phenoxy) is 4. The van der Waals surface area contributed by atoms with E-state index in [1.54, 1.807) is 0 Å². The van der Waals surface area contributed by atoms with Crippen LogP contribution in [-0.4, -0.2) is 96.7 Å². The Morgan fingerprint density at radius 1 is 0.298 bits per heavy atom. The molecular weight excluding hydrogens is 1230 g/mol. The molecule has 0 aromatic rings. The third-order valence-electron chi connectivity index (χ3n) is 18.0. The fourth-order valence-corrected chi connectivity index (χ4v) is 12.9. The number of rotatable bonds is 72. The van der Waals surface area contributed by atoms with E-state index in [0.29, 0.717) is 31.6 Å². The average molecular weight is 1380 g/mol. The van der Waals surface area contributed by atoms with Gasteiger partial charge >= 0.3 is 39.5 Å². The Bertz CT molecular complexity index is 1850. The summed E-state index contributed by atoms with van der Waals surface area (Å²) in [5.41, 5.74) is 0. The van der Waals surface area contributed by atoms with Gasteiger partial charge in [0.15, 0.2) is 12.2 Å². The van der Waals surface area contributed by atoms with E-state index in [1.165, 1.54) is 173 Å². The van der Waals surface area contributed by atoms with Crippen molar-refractivity contribution < 1.29 is 80.2 Å². The zero-order valence-electron chi connectivity index (χ0n) is 61.6. The lowest BCUT2D eigenvalue weighted by atomic mass is 9.99. The Labute approximate surface area is 575 Å². The molecule has 0 aliphatic carbocycles.